The van der Waals surface area contributed by atoms with Gasteiger partial charge in [-0.3, -0.25) is 14.6 Å². The Morgan fingerprint density at radius 1 is 0.667 bits per heavy atom. The van der Waals surface area contributed by atoms with E-state index in [2.05, 4.69) is 39.4 Å². The number of benzene rings is 3. The van der Waals surface area contributed by atoms with Crippen molar-refractivity contribution in [2.45, 2.75) is 43.8 Å². The van der Waals surface area contributed by atoms with Gasteiger partial charge < -0.3 is 5.32 Å². The minimum Gasteiger partial charge on any atom is -0.348 e. The molecule has 5 rings (SSSR count). The molecule has 0 spiro atoms. The Hall–Kier alpha value is -3.04. The summed E-state index contributed by atoms with van der Waals surface area (Å²) in [5, 5.41) is 3.05. The third-order valence-electron chi connectivity index (χ3n) is 7.63. The Kier molecular flexibility index (Phi) is 9.09. The van der Waals surface area contributed by atoms with Crippen molar-refractivity contribution in [3.63, 3.8) is 0 Å². The number of nitrogens with one attached hydrogen (secondary N) is 1. The smallest absolute Gasteiger partial charge is 0.251 e. The number of sulfonamides is 1. The molecule has 2 saturated heterocycles. The van der Waals surface area contributed by atoms with Crippen molar-refractivity contribution >= 4 is 15.9 Å². The molecule has 39 heavy (non-hydrogen) atoms. The number of amides is 1. The monoisotopic (exact) mass is 546 g/mol. The largest absolute Gasteiger partial charge is 0.348 e. The number of piperazine rings is 1. The highest BCUT2D eigenvalue weighted by atomic mass is 32.2. The van der Waals surface area contributed by atoms with Gasteiger partial charge in [0.1, 0.15) is 0 Å². The van der Waals surface area contributed by atoms with E-state index in [1.54, 1.807) is 28.6 Å². The van der Waals surface area contributed by atoms with Crippen LogP contribution in [0.2, 0.25) is 0 Å². The van der Waals surface area contributed by atoms with Gasteiger partial charge in [0.05, 0.1) is 4.90 Å². The first-order valence-electron chi connectivity index (χ1n) is 13.9. The summed E-state index contributed by atoms with van der Waals surface area (Å²) in [6, 6.07) is 24.8. The fourth-order valence-corrected chi connectivity index (χ4v) is 6.83. The first-order valence-corrected chi connectivity index (χ1v) is 15.4. The van der Waals surface area contributed by atoms with Gasteiger partial charge in [0.15, 0.2) is 0 Å². The van der Waals surface area contributed by atoms with Crippen LogP contribution in [0, 0.1) is 0 Å². The normalized spacial score (nSPS) is 17.6. The Bertz CT molecular complexity index is 1330. The van der Waals surface area contributed by atoms with Crippen LogP contribution in [0.3, 0.4) is 0 Å². The van der Waals surface area contributed by atoms with Gasteiger partial charge in [-0.2, -0.15) is 4.31 Å². The Morgan fingerprint density at radius 3 is 2.03 bits per heavy atom. The van der Waals surface area contributed by atoms with Crippen molar-refractivity contribution in [1.82, 2.24) is 19.4 Å². The van der Waals surface area contributed by atoms with E-state index >= 15 is 0 Å². The van der Waals surface area contributed by atoms with Gasteiger partial charge in [-0.05, 0) is 66.9 Å². The molecular formula is C31H38N4O3S. The lowest BCUT2D eigenvalue weighted by Crippen LogP contribution is -2.48. The van der Waals surface area contributed by atoms with E-state index in [-0.39, 0.29) is 5.91 Å². The number of carbonyl (C=O) groups is 1. The van der Waals surface area contributed by atoms with E-state index in [4.69, 9.17) is 0 Å². The lowest BCUT2D eigenvalue weighted by atomic mass is 10.1. The van der Waals surface area contributed by atoms with Crippen LogP contribution in [0.25, 0.3) is 0 Å². The summed E-state index contributed by atoms with van der Waals surface area (Å²) in [7, 11) is -3.45. The molecule has 2 aliphatic rings. The van der Waals surface area contributed by atoms with Gasteiger partial charge in [-0.15, -0.1) is 0 Å². The second kappa shape index (κ2) is 12.9. The third-order valence-corrected chi connectivity index (χ3v) is 9.55. The lowest BCUT2D eigenvalue weighted by Gasteiger charge is -2.34. The molecular weight excluding hydrogens is 508 g/mol. The number of likely N-dealkylation sites (tertiary alicyclic amines) is 1. The van der Waals surface area contributed by atoms with Crippen LogP contribution in [0.4, 0.5) is 0 Å². The molecule has 1 N–H and O–H groups in total. The first kappa shape index (κ1) is 27.5. The zero-order valence-electron chi connectivity index (χ0n) is 22.5. The molecule has 7 nitrogen and oxygen atoms in total. The number of rotatable bonds is 9. The summed E-state index contributed by atoms with van der Waals surface area (Å²) in [4.78, 5) is 17.9. The highest BCUT2D eigenvalue weighted by Crippen LogP contribution is 2.19. The molecule has 8 heteroatoms. The SMILES string of the molecule is O=C(NCc1cccc(CN2CCCCC2)c1)c1ccc(CN2CCN(S(=O)(=O)c3ccccc3)CC2)cc1. The minimum atomic E-state index is -3.45. The van der Waals surface area contributed by atoms with Gasteiger partial charge in [-0.1, -0.05) is 61.0 Å². The number of hydrogen-bond donors (Lipinski definition) is 1. The molecule has 2 heterocycles. The highest BCUT2D eigenvalue weighted by molar-refractivity contribution is 7.89. The molecule has 0 atom stereocenters. The predicted octanol–water partition coefficient (Wildman–Crippen LogP) is 4.11. The third kappa shape index (κ3) is 7.33. The Labute approximate surface area is 232 Å². The molecule has 1 amide bonds. The van der Waals surface area contributed by atoms with E-state index in [1.807, 2.05) is 30.3 Å². The standard InChI is InChI=1S/C31H38N4O3S/c36-31(32-23-27-8-7-9-28(22-27)25-33-16-5-2-6-17-33)29-14-12-26(13-15-29)24-34-18-20-35(21-19-34)39(37,38)30-10-3-1-4-11-30/h1,3-4,7-15,22H,2,5-6,16-21,23-25H2,(H,32,36). The summed E-state index contributed by atoms with van der Waals surface area (Å²) in [6.45, 7) is 6.83. The molecule has 0 saturated carbocycles. The number of piperidine rings is 1. The van der Waals surface area contributed by atoms with Crippen molar-refractivity contribution in [1.29, 1.82) is 0 Å². The molecule has 0 unspecified atom stereocenters. The quantitative estimate of drug-likeness (QED) is 0.437. The second-order valence-electron chi connectivity index (χ2n) is 10.5. The van der Waals surface area contributed by atoms with E-state index in [9.17, 15) is 13.2 Å². The molecule has 2 fully saturated rings. The van der Waals surface area contributed by atoms with Gasteiger partial charge in [0, 0.05) is 51.4 Å². The van der Waals surface area contributed by atoms with Gasteiger partial charge in [0.2, 0.25) is 10.0 Å². The van der Waals surface area contributed by atoms with Crippen LogP contribution in [0.5, 0.6) is 0 Å². The van der Waals surface area contributed by atoms with Crippen molar-refractivity contribution in [3.05, 3.63) is 101 Å². The van der Waals surface area contributed by atoms with E-state index in [1.165, 1.54) is 37.9 Å². The van der Waals surface area contributed by atoms with Crippen LogP contribution < -0.4 is 5.32 Å². The molecule has 0 bridgehead atoms. The molecule has 0 aromatic heterocycles. The maximum absolute atomic E-state index is 12.9. The van der Waals surface area contributed by atoms with Crippen molar-refractivity contribution in [2.75, 3.05) is 39.3 Å². The Morgan fingerprint density at radius 2 is 1.31 bits per heavy atom. The average Bonchev–Trinajstić information content (AvgIpc) is 2.98. The fourth-order valence-electron chi connectivity index (χ4n) is 5.39. The summed E-state index contributed by atoms with van der Waals surface area (Å²) in [5.74, 6) is -0.0808. The van der Waals surface area contributed by atoms with Gasteiger partial charge >= 0.3 is 0 Å². The van der Waals surface area contributed by atoms with Gasteiger partial charge in [-0.25, -0.2) is 8.42 Å². The summed E-state index contributed by atoms with van der Waals surface area (Å²) in [6.07, 6.45) is 3.90. The Balaban J connectivity index is 1.08. The maximum atomic E-state index is 12.9. The molecule has 206 valence electrons. The summed E-state index contributed by atoms with van der Waals surface area (Å²) < 4.78 is 27.3. The second-order valence-corrected chi connectivity index (χ2v) is 12.5. The zero-order valence-corrected chi connectivity index (χ0v) is 23.3. The highest BCUT2D eigenvalue weighted by Gasteiger charge is 2.28. The van der Waals surface area contributed by atoms with E-state index < -0.39 is 10.0 Å². The first-order chi connectivity index (χ1) is 19.0. The van der Waals surface area contributed by atoms with Crippen LogP contribution in [0.15, 0.2) is 83.8 Å². The van der Waals surface area contributed by atoms with Crippen molar-refractivity contribution in [3.8, 4) is 0 Å². The molecule has 0 aliphatic carbocycles. The zero-order chi connectivity index (χ0) is 27.1. The molecule has 2 aliphatic heterocycles. The van der Waals surface area contributed by atoms with Crippen LogP contribution in [-0.4, -0.2) is 67.7 Å². The molecule has 0 radical (unpaired) electrons. The number of nitrogens with zero attached hydrogens (tertiary/aromatic N) is 3. The number of hydrogen-bond acceptors (Lipinski definition) is 5. The van der Waals surface area contributed by atoms with Gasteiger partial charge in [0.25, 0.3) is 5.91 Å². The number of carbonyl (C=O) groups excluding carboxylic acids is 1. The average molecular weight is 547 g/mol. The lowest BCUT2D eigenvalue weighted by molar-refractivity contribution is 0.0951. The predicted molar refractivity (Wildman–Crippen MR) is 154 cm³/mol. The van der Waals surface area contributed by atoms with Crippen LogP contribution in [-0.2, 0) is 29.7 Å². The maximum Gasteiger partial charge on any atom is 0.251 e. The van der Waals surface area contributed by atoms with Crippen LogP contribution in [0.1, 0.15) is 46.3 Å². The van der Waals surface area contributed by atoms with E-state index in [0.29, 0.717) is 43.2 Å². The molecule has 3 aromatic carbocycles. The van der Waals surface area contributed by atoms with Crippen LogP contribution >= 0.6 is 0 Å². The summed E-state index contributed by atoms with van der Waals surface area (Å²) >= 11 is 0. The van der Waals surface area contributed by atoms with E-state index in [0.717, 1.165) is 24.2 Å². The fraction of sp³-hybridized carbons (Fsp3) is 0.387. The van der Waals surface area contributed by atoms with Crippen molar-refractivity contribution < 1.29 is 13.2 Å². The minimum absolute atomic E-state index is 0.0808. The van der Waals surface area contributed by atoms with Crippen molar-refractivity contribution in [2.24, 2.45) is 0 Å². The molecule has 3 aromatic rings. The topological polar surface area (TPSA) is 73.0 Å². The summed E-state index contributed by atoms with van der Waals surface area (Å²) in [5.41, 5.74) is 4.16.